The van der Waals surface area contributed by atoms with Gasteiger partial charge in [0.1, 0.15) is 11.9 Å². The Kier molecular flexibility index (Phi) is 5.69. The summed E-state index contributed by atoms with van der Waals surface area (Å²) in [5.41, 5.74) is 10.1. The number of amides is 2. The smallest absolute Gasteiger partial charge is 0.316 e. The number of urea groups is 1. The second kappa shape index (κ2) is 8.55. The van der Waals surface area contributed by atoms with Crippen molar-refractivity contribution in [2.24, 2.45) is 5.73 Å². The summed E-state index contributed by atoms with van der Waals surface area (Å²) < 4.78 is 11.3. The molecule has 1 saturated heterocycles. The largest absolute Gasteiger partial charge is 0.485 e. The van der Waals surface area contributed by atoms with Gasteiger partial charge in [0.25, 0.3) is 0 Å². The second-order valence-electron chi connectivity index (χ2n) is 6.98. The van der Waals surface area contributed by atoms with Crippen LogP contribution in [0, 0.1) is 0 Å². The molecule has 0 aromatic heterocycles. The first-order valence-corrected chi connectivity index (χ1v) is 9.73. The van der Waals surface area contributed by atoms with Gasteiger partial charge >= 0.3 is 6.03 Å². The Morgan fingerprint density at radius 3 is 2.48 bits per heavy atom. The molecule has 0 saturated carbocycles. The third-order valence-electron chi connectivity index (χ3n) is 4.71. The Bertz CT molecular complexity index is 1020. The van der Waals surface area contributed by atoms with Gasteiger partial charge in [-0.1, -0.05) is 41.9 Å². The van der Waals surface area contributed by atoms with Crippen molar-refractivity contribution in [2.75, 3.05) is 18.5 Å². The van der Waals surface area contributed by atoms with E-state index in [9.17, 15) is 4.79 Å². The van der Waals surface area contributed by atoms with Gasteiger partial charge in [-0.05, 0) is 59.5 Å². The lowest BCUT2D eigenvalue weighted by Crippen LogP contribution is -2.38. The molecule has 148 valence electrons. The number of benzene rings is 3. The van der Waals surface area contributed by atoms with Gasteiger partial charge in [-0.25, -0.2) is 4.79 Å². The number of hydrogen-bond acceptors (Lipinski definition) is 3. The molecule has 1 fully saturated rings. The molecule has 6 heteroatoms. The Hall–Kier alpha value is -3.02. The van der Waals surface area contributed by atoms with Gasteiger partial charge in [-0.15, -0.1) is 0 Å². The van der Waals surface area contributed by atoms with Crippen LogP contribution in [0.5, 0.6) is 5.75 Å². The highest BCUT2D eigenvalue weighted by Crippen LogP contribution is 2.34. The highest BCUT2D eigenvalue weighted by Gasteiger charge is 2.22. The van der Waals surface area contributed by atoms with E-state index in [0.29, 0.717) is 23.9 Å². The van der Waals surface area contributed by atoms with Gasteiger partial charge in [0.15, 0.2) is 0 Å². The Morgan fingerprint density at radius 2 is 1.83 bits per heavy atom. The van der Waals surface area contributed by atoms with Gasteiger partial charge in [0.2, 0.25) is 0 Å². The molecule has 2 amide bonds. The van der Waals surface area contributed by atoms with E-state index in [4.69, 9.17) is 26.8 Å². The average molecular weight is 409 g/mol. The molecular weight excluding hydrogens is 388 g/mol. The zero-order valence-corrected chi connectivity index (χ0v) is 16.5. The maximum Gasteiger partial charge on any atom is 0.316 e. The molecule has 0 unspecified atom stereocenters. The Balaban J connectivity index is 1.60. The third kappa shape index (κ3) is 4.88. The maximum atomic E-state index is 11.0. The number of ether oxygens (including phenoxy) is 2. The molecule has 4 rings (SSSR count). The summed E-state index contributed by atoms with van der Waals surface area (Å²) in [7, 11) is 0. The fourth-order valence-corrected chi connectivity index (χ4v) is 3.41. The van der Waals surface area contributed by atoms with Crippen molar-refractivity contribution in [3.05, 3.63) is 82.9 Å². The van der Waals surface area contributed by atoms with E-state index in [1.165, 1.54) is 0 Å². The quantitative estimate of drug-likeness (QED) is 0.611. The summed E-state index contributed by atoms with van der Waals surface area (Å²) in [6.07, 6.45) is 0.834. The predicted octanol–water partition coefficient (Wildman–Crippen LogP) is 4.87. The first-order chi connectivity index (χ1) is 14.1. The number of nitrogens with two attached hydrogens (primary N) is 1. The van der Waals surface area contributed by atoms with Crippen LogP contribution in [0.1, 0.15) is 11.1 Å². The van der Waals surface area contributed by atoms with Crippen molar-refractivity contribution in [3.8, 4) is 16.9 Å². The molecule has 3 aromatic carbocycles. The highest BCUT2D eigenvalue weighted by atomic mass is 35.5. The standard InChI is InChI=1S/C23H21ClN2O3/c24-18-3-1-2-17(12-18)21-11-16(6-9-22(21)29-20-13-28-14-20)10-15-4-7-19(8-5-15)26-23(25)27/h1-9,11-12,20H,10,13-14H2,(H3,25,26,27). The van der Waals surface area contributed by atoms with Crippen LogP contribution in [0.25, 0.3) is 11.1 Å². The lowest BCUT2D eigenvalue weighted by Gasteiger charge is -2.28. The summed E-state index contributed by atoms with van der Waals surface area (Å²) in [6.45, 7) is 1.23. The molecule has 0 spiro atoms. The molecule has 29 heavy (non-hydrogen) atoms. The second-order valence-corrected chi connectivity index (χ2v) is 7.42. The van der Waals surface area contributed by atoms with Crippen LogP contribution >= 0.6 is 11.6 Å². The van der Waals surface area contributed by atoms with E-state index >= 15 is 0 Å². The predicted molar refractivity (Wildman–Crippen MR) is 115 cm³/mol. The van der Waals surface area contributed by atoms with E-state index in [1.54, 1.807) is 0 Å². The van der Waals surface area contributed by atoms with Gasteiger partial charge in [0, 0.05) is 16.3 Å². The number of carbonyl (C=O) groups excluding carboxylic acids is 1. The number of halogens is 1. The van der Waals surface area contributed by atoms with E-state index in [1.807, 2.05) is 54.6 Å². The van der Waals surface area contributed by atoms with Crippen LogP contribution in [0.3, 0.4) is 0 Å². The van der Waals surface area contributed by atoms with Crippen LogP contribution in [0.2, 0.25) is 5.02 Å². The zero-order valence-electron chi connectivity index (χ0n) is 15.7. The maximum absolute atomic E-state index is 11.0. The Morgan fingerprint density at radius 1 is 1.07 bits per heavy atom. The lowest BCUT2D eigenvalue weighted by atomic mass is 9.98. The monoisotopic (exact) mass is 408 g/mol. The van der Waals surface area contributed by atoms with Crippen molar-refractivity contribution >= 4 is 23.3 Å². The SMILES string of the molecule is NC(=O)Nc1ccc(Cc2ccc(OC3COC3)c(-c3cccc(Cl)c3)c2)cc1. The topological polar surface area (TPSA) is 73.6 Å². The van der Waals surface area contributed by atoms with Crippen molar-refractivity contribution in [1.82, 2.24) is 0 Å². The molecule has 0 radical (unpaired) electrons. The summed E-state index contributed by atoms with van der Waals surface area (Å²) in [6, 6.07) is 21.0. The minimum absolute atomic E-state index is 0.0871. The molecule has 0 atom stereocenters. The zero-order chi connectivity index (χ0) is 20.2. The van der Waals surface area contributed by atoms with Crippen LogP contribution in [-0.2, 0) is 11.2 Å². The molecule has 5 nitrogen and oxygen atoms in total. The number of rotatable bonds is 6. The number of carbonyl (C=O) groups is 1. The van der Waals surface area contributed by atoms with Gasteiger partial charge in [-0.3, -0.25) is 0 Å². The van der Waals surface area contributed by atoms with Crippen LogP contribution in [-0.4, -0.2) is 25.3 Å². The number of nitrogens with one attached hydrogen (secondary N) is 1. The third-order valence-corrected chi connectivity index (χ3v) is 4.95. The molecule has 3 aromatic rings. The summed E-state index contributed by atoms with van der Waals surface area (Å²) >= 11 is 6.21. The minimum Gasteiger partial charge on any atom is -0.485 e. The average Bonchev–Trinajstić information content (AvgIpc) is 2.66. The van der Waals surface area contributed by atoms with E-state index in [0.717, 1.165) is 34.4 Å². The summed E-state index contributed by atoms with van der Waals surface area (Å²) in [4.78, 5) is 11.0. The molecule has 0 aliphatic carbocycles. The fraction of sp³-hybridized carbons (Fsp3) is 0.174. The van der Waals surface area contributed by atoms with Crippen molar-refractivity contribution in [3.63, 3.8) is 0 Å². The van der Waals surface area contributed by atoms with E-state index in [2.05, 4.69) is 17.4 Å². The molecule has 1 aliphatic rings. The van der Waals surface area contributed by atoms with Crippen molar-refractivity contribution in [1.29, 1.82) is 0 Å². The molecule has 1 heterocycles. The number of anilines is 1. The number of primary amides is 1. The van der Waals surface area contributed by atoms with Crippen LogP contribution < -0.4 is 15.8 Å². The summed E-state index contributed by atoms with van der Waals surface area (Å²) in [5, 5.41) is 3.25. The van der Waals surface area contributed by atoms with Gasteiger partial charge in [0.05, 0.1) is 13.2 Å². The van der Waals surface area contributed by atoms with E-state index < -0.39 is 6.03 Å². The lowest BCUT2D eigenvalue weighted by molar-refractivity contribution is -0.0794. The molecule has 3 N–H and O–H groups in total. The fourth-order valence-electron chi connectivity index (χ4n) is 3.22. The van der Waals surface area contributed by atoms with Crippen molar-refractivity contribution < 1.29 is 14.3 Å². The van der Waals surface area contributed by atoms with Gasteiger partial charge in [-0.2, -0.15) is 0 Å². The Labute approximate surface area is 174 Å². The molecule has 0 bridgehead atoms. The first kappa shape index (κ1) is 19.3. The minimum atomic E-state index is -0.573. The van der Waals surface area contributed by atoms with Crippen LogP contribution in [0.4, 0.5) is 10.5 Å². The normalized spacial score (nSPS) is 13.6. The van der Waals surface area contributed by atoms with E-state index in [-0.39, 0.29) is 6.10 Å². The number of hydrogen-bond donors (Lipinski definition) is 2. The summed E-state index contributed by atoms with van der Waals surface area (Å²) in [5.74, 6) is 0.824. The molecule has 1 aliphatic heterocycles. The van der Waals surface area contributed by atoms with Crippen LogP contribution in [0.15, 0.2) is 66.7 Å². The first-order valence-electron chi connectivity index (χ1n) is 9.35. The van der Waals surface area contributed by atoms with Gasteiger partial charge < -0.3 is 20.5 Å². The van der Waals surface area contributed by atoms with Crippen molar-refractivity contribution in [2.45, 2.75) is 12.5 Å². The highest BCUT2D eigenvalue weighted by molar-refractivity contribution is 6.30. The molecular formula is C23H21ClN2O3.